The molecule has 0 spiro atoms. The number of nitrogens with two attached hydrogens (primary N) is 1. The van der Waals surface area contributed by atoms with Gasteiger partial charge in [-0.25, -0.2) is 4.98 Å². The number of aromatic nitrogens is 2. The molecule has 1 aliphatic rings. The second kappa shape index (κ2) is 5.21. The van der Waals surface area contributed by atoms with Crippen LogP contribution in [-0.2, 0) is 12.0 Å². The molecule has 1 saturated carbocycles. The van der Waals surface area contributed by atoms with Gasteiger partial charge in [0.1, 0.15) is 5.82 Å². The molecule has 0 saturated heterocycles. The standard InChI is InChI=1S/C16H19N3O/c17-10-12-11-18-15(19-14(12)20)16(8-4-5-9-16)13-6-2-1-3-7-13/h1-3,6-7,11H,4-5,8-10,17H2,(H,18,19,20). The van der Waals surface area contributed by atoms with Crippen molar-refractivity contribution in [3.63, 3.8) is 0 Å². The molecule has 3 rings (SSSR count). The number of nitrogens with zero attached hydrogens (tertiary/aromatic N) is 1. The highest BCUT2D eigenvalue weighted by atomic mass is 16.1. The Hall–Kier alpha value is -1.94. The van der Waals surface area contributed by atoms with Crippen molar-refractivity contribution in [2.75, 3.05) is 0 Å². The summed E-state index contributed by atoms with van der Waals surface area (Å²) < 4.78 is 0. The lowest BCUT2D eigenvalue weighted by molar-refractivity contribution is 0.496. The first-order valence-corrected chi connectivity index (χ1v) is 7.10. The molecule has 1 aromatic heterocycles. The third kappa shape index (κ3) is 2.06. The lowest BCUT2D eigenvalue weighted by atomic mass is 9.78. The highest BCUT2D eigenvalue weighted by Gasteiger charge is 2.39. The van der Waals surface area contributed by atoms with E-state index in [-0.39, 0.29) is 17.5 Å². The third-order valence-corrected chi connectivity index (χ3v) is 4.33. The molecule has 20 heavy (non-hydrogen) atoms. The summed E-state index contributed by atoms with van der Waals surface area (Å²) in [5.74, 6) is 0.781. The Morgan fingerprint density at radius 1 is 1.20 bits per heavy atom. The summed E-state index contributed by atoms with van der Waals surface area (Å²) in [6, 6.07) is 10.4. The van der Waals surface area contributed by atoms with Crippen LogP contribution in [0.3, 0.4) is 0 Å². The predicted molar refractivity (Wildman–Crippen MR) is 78.4 cm³/mol. The molecule has 0 bridgehead atoms. The molecule has 0 amide bonds. The van der Waals surface area contributed by atoms with Crippen LogP contribution < -0.4 is 11.3 Å². The minimum Gasteiger partial charge on any atom is -0.326 e. The van der Waals surface area contributed by atoms with Gasteiger partial charge in [-0.15, -0.1) is 0 Å². The Morgan fingerprint density at radius 3 is 2.50 bits per heavy atom. The van der Waals surface area contributed by atoms with Crippen molar-refractivity contribution in [3.8, 4) is 0 Å². The fraction of sp³-hybridized carbons (Fsp3) is 0.375. The molecule has 0 radical (unpaired) electrons. The Kier molecular flexibility index (Phi) is 3.40. The molecule has 4 heteroatoms. The SMILES string of the molecule is NCc1cnc(C2(c3ccccc3)CCCC2)[nH]c1=O. The number of H-pyrrole nitrogens is 1. The number of hydrogen-bond donors (Lipinski definition) is 2. The molecule has 2 aromatic rings. The van der Waals surface area contributed by atoms with Crippen molar-refractivity contribution >= 4 is 0 Å². The quantitative estimate of drug-likeness (QED) is 0.896. The van der Waals surface area contributed by atoms with Crippen LogP contribution in [0.25, 0.3) is 0 Å². The number of hydrogen-bond acceptors (Lipinski definition) is 3. The van der Waals surface area contributed by atoms with Crippen LogP contribution in [0.5, 0.6) is 0 Å². The summed E-state index contributed by atoms with van der Waals surface area (Å²) in [7, 11) is 0. The fourth-order valence-electron chi connectivity index (χ4n) is 3.21. The van der Waals surface area contributed by atoms with E-state index in [4.69, 9.17) is 5.73 Å². The summed E-state index contributed by atoms with van der Waals surface area (Å²) in [5, 5.41) is 0. The van der Waals surface area contributed by atoms with E-state index in [1.807, 2.05) is 18.2 Å². The van der Waals surface area contributed by atoms with Crippen molar-refractivity contribution < 1.29 is 0 Å². The first-order valence-electron chi connectivity index (χ1n) is 7.10. The van der Waals surface area contributed by atoms with Gasteiger partial charge in [0.15, 0.2) is 0 Å². The van der Waals surface area contributed by atoms with Crippen LogP contribution in [0, 0.1) is 0 Å². The average molecular weight is 269 g/mol. The molecular weight excluding hydrogens is 250 g/mol. The van der Waals surface area contributed by atoms with E-state index >= 15 is 0 Å². The largest absolute Gasteiger partial charge is 0.326 e. The van der Waals surface area contributed by atoms with E-state index in [0.717, 1.165) is 31.5 Å². The van der Waals surface area contributed by atoms with Gasteiger partial charge in [-0.1, -0.05) is 43.2 Å². The van der Waals surface area contributed by atoms with E-state index in [0.29, 0.717) is 5.56 Å². The molecule has 3 N–H and O–H groups in total. The third-order valence-electron chi connectivity index (χ3n) is 4.33. The normalized spacial score (nSPS) is 17.2. The Labute approximate surface area is 118 Å². The molecule has 104 valence electrons. The van der Waals surface area contributed by atoms with Crippen molar-refractivity contribution in [3.05, 3.63) is 63.8 Å². The van der Waals surface area contributed by atoms with Gasteiger partial charge in [-0.3, -0.25) is 4.79 Å². The van der Waals surface area contributed by atoms with Crippen molar-refractivity contribution in [1.82, 2.24) is 9.97 Å². The van der Waals surface area contributed by atoms with E-state index in [1.165, 1.54) is 5.56 Å². The van der Waals surface area contributed by atoms with Gasteiger partial charge in [-0.05, 0) is 18.4 Å². The maximum atomic E-state index is 12.0. The summed E-state index contributed by atoms with van der Waals surface area (Å²) in [4.78, 5) is 19.5. The van der Waals surface area contributed by atoms with Gasteiger partial charge >= 0.3 is 0 Å². The van der Waals surface area contributed by atoms with Gasteiger partial charge in [0.05, 0.1) is 5.41 Å². The number of aromatic amines is 1. The lowest BCUT2D eigenvalue weighted by Crippen LogP contribution is -2.31. The van der Waals surface area contributed by atoms with Crippen molar-refractivity contribution in [2.24, 2.45) is 5.73 Å². The predicted octanol–water partition coefficient (Wildman–Crippen LogP) is 2.09. The maximum absolute atomic E-state index is 12.0. The zero-order valence-corrected chi connectivity index (χ0v) is 11.4. The fourth-order valence-corrected chi connectivity index (χ4v) is 3.21. The lowest BCUT2D eigenvalue weighted by Gasteiger charge is -2.28. The molecule has 0 unspecified atom stereocenters. The van der Waals surface area contributed by atoms with E-state index < -0.39 is 0 Å². The van der Waals surface area contributed by atoms with Crippen LogP contribution in [-0.4, -0.2) is 9.97 Å². The highest BCUT2D eigenvalue weighted by Crippen LogP contribution is 2.44. The Bertz CT molecular complexity index is 642. The van der Waals surface area contributed by atoms with Crippen LogP contribution in [0.4, 0.5) is 0 Å². The smallest absolute Gasteiger partial charge is 0.255 e. The summed E-state index contributed by atoms with van der Waals surface area (Å²) in [6.07, 6.45) is 6.01. The molecular formula is C16H19N3O. The second-order valence-electron chi connectivity index (χ2n) is 5.45. The molecule has 4 nitrogen and oxygen atoms in total. The van der Waals surface area contributed by atoms with Gasteiger partial charge in [0, 0.05) is 18.3 Å². The van der Waals surface area contributed by atoms with E-state index in [2.05, 4.69) is 22.1 Å². The van der Waals surface area contributed by atoms with Gasteiger partial charge in [0.25, 0.3) is 5.56 Å². The molecule has 1 heterocycles. The number of benzene rings is 1. The maximum Gasteiger partial charge on any atom is 0.255 e. The van der Waals surface area contributed by atoms with Gasteiger partial charge in [0.2, 0.25) is 0 Å². The molecule has 1 fully saturated rings. The second-order valence-corrected chi connectivity index (χ2v) is 5.45. The molecule has 0 atom stereocenters. The number of nitrogens with one attached hydrogen (secondary N) is 1. The van der Waals surface area contributed by atoms with Gasteiger partial charge in [-0.2, -0.15) is 0 Å². The summed E-state index contributed by atoms with van der Waals surface area (Å²) in [6.45, 7) is 0.223. The minimum absolute atomic E-state index is 0.111. The van der Waals surface area contributed by atoms with E-state index in [1.54, 1.807) is 6.20 Å². The monoisotopic (exact) mass is 269 g/mol. The summed E-state index contributed by atoms with van der Waals surface area (Å²) in [5.41, 5.74) is 7.06. The summed E-state index contributed by atoms with van der Waals surface area (Å²) >= 11 is 0. The first kappa shape index (κ1) is 13.1. The van der Waals surface area contributed by atoms with Crippen LogP contribution in [0.2, 0.25) is 0 Å². The average Bonchev–Trinajstić information content (AvgIpc) is 2.99. The molecule has 1 aromatic carbocycles. The first-order chi connectivity index (χ1) is 9.76. The van der Waals surface area contributed by atoms with Crippen LogP contribution >= 0.6 is 0 Å². The van der Waals surface area contributed by atoms with Gasteiger partial charge < -0.3 is 10.7 Å². The zero-order valence-electron chi connectivity index (χ0n) is 11.4. The topological polar surface area (TPSA) is 71.8 Å². The minimum atomic E-state index is -0.145. The van der Waals surface area contributed by atoms with Crippen LogP contribution in [0.15, 0.2) is 41.3 Å². The van der Waals surface area contributed by atoms with E-state index in [9.17, 15) is 4.79 Å². The zero-order chi connectivity index (χ0) is 14.0. The Balaban J connectivity index is 2.12. The van der Waals surface area contributed by atoms with Crippen molar-refractivity contribution in [2.45, 2.75) is 37.6 Å². The van der Waals surface area contributed by atoms with Crippen molar-refractivity contribution in [1.29, 1.82) is 0 Å². The molecule has 1 aliphatic carbocycles. The highest BCUT2D eigenvalue weighted by molar-refractivity contribution is 5.34. The Morgan fingerprint density at radius 2 is 1.90 bits per heavy atom. The molecule has 0 aliphatic heterocycles. The van der Waals surface area contributed by atoms with Crippen LogP contribution in [0.1, 0.15) is 42.6 Å². The number of rotatable bonds is 3.